The van der Waals surface area contributed by atoms with Gasteiger partial charge in [-0.1, -0.05) is 60.2 Å². The molecule has 0 aromatic heterocycles. The summed E-state index contributed by atoms with van der Waals surface area (Å²) >= 11 is 0. The number of hydrogen-bond donors (Lipinski definition) is 0. The molecule has 0 aliphatic rings. The van der Waals surface area contributed by atoms with Gasteiger partial charge in [0.15, 0.2) is 15.6 Å². The molecule has 0 bridgehead atoms. The summed E-state index contributed by atoms with van der Waals surface area (Å²) in [6.07, 6.45) is -0.318. The number of ketones is 1. The minimum absolute atomic E-state index is 0.110. The van der Waals surface area contributed by atoms with Crippen molar-refractivity contribution in [2.45, 2.75) is 23.5 Å². The molecule has 3 aromatic rings. The lowest BCUT2D eigenvalue weighted by molar-refractivity contribution is -0.384. The average Bonchev–Trinajstić information content (AvgIpc) is 2.72. The minimum atomic E-state index is -3.86. The number of nitrogens with zero attached hydrogens (tertiary/aromatic N) is 1. The van der Waals surface area contributed by atoms with Crippen LogP contribution in [-0.4, -0.2) is 19.1 Å². The quantitative estimate of drug-likeness (QED) is 0.320. The molecule has 148 valence electrons. The third-order valence-corrected chi connectivity index (χ3v) is 6.76. The van der Waals surface area contributed by atoms with E-state index in [9.17, 15) is 23.3 Å². The van der Waals surface area contributed by atoms with E-state index in [1.807, 2.05) is 6.92 Å². The van der Waals surface area contributed by atoms with Crippen LogP contribution in [0.3, 0.4) is 0 Å². The van der Waals surface area contributed by atoms with Crippen LogP contribution in [0.25, 0.3) is 0 Å². The van der Waals surface area contributed by atoms with Crippen molar-refractivity contribution in [3.63, 3.8) is 0 Å². The summed E-state index contributed by atoms with van der Waals surface area (Å²) in [7, 11) is -3.86. The molecule has 0 unspecified atom stereocenters. The predicted molar refractivity (Wildman–Crippen MR) is 110 cm³/mol. The summed E-state index contributed by atoms with van der Waals surface area (Å²) in [6.45, 7) is 1.86. The molecule has 1 atom stereocenters. The van der Waals surface area contributed by atoms with Gasteiger partial charge in [-0.2, -0.15) is 0 Å². The van der Waals surface area contributed by atoms with Crippen molar-refractivity contribution >= 4 is 21.3 Å². The number of carbonyl (C=O) groups excluding carboxylic acids is 1. The van der Waals surface area contributed by atoms with E-state index in [2.05, 4.69) is 0 Å². The van der Waals surface area contributed by atoms with Gasteiger partial charge in [-0.15, -0.1) is 0 Å². The Hall–Kier alpha value is -3.32. The summed E-state index contributed by atoms with van der Waals surface area (Å²) in [5.74, 6) is -0.474. The van der Waals surface area contributed by atoms with E-state index < -0.39 is 25.8 Å². The highest BCUT2D eigenvalue weighted by molar-refractivity contribution is 7.91. The molecule has 3 aromatic carbocycles. The SMILES string of the molecule is Cc1ccc(S(=O)(=O)[C@@H](CC(=O)c2cccc([N+](=O)[O-])c2)c2ccccc2)cc1. The number of non-ortho nitro benzene ring substituents is 1. The van der Waals surface area contributed by atoms with Crippen LogP contribution in [0.2, 0.25) is 0 Å². The van der Waals surface area contributed by atoms with E-state index in [0.717, 1.165) is 5.56 Å². The second kappa shape index (κ2) is 8.36. The molecule has 0 saturated carbocycles. The predicted octanol–water partition coefficient (Wildman–Crippen LogP) is 4.69. The van der Waals surface area contributed by atoms with E-state index in [-0.39, 0.29) is 22.6 Å². The molecule has 0 aliphatic carbocycles. The first-order valence-corrected chi connectivity index (χ1v) is 10.5. The zero-order valence-corrected chi connectivity index (χ0v) is 16.5. The molecular weight excluding hydrogens is 390 g/mol. The Kier molecular flexibility index (Phi) is 5.89. The van der Waals surface area contributed by atoms with Crippen molar-refractivity contribution in [2.24, 2.45) is 0 Å². The van der Waals surface area contributed by atoms with Gasteiger partial charge >= 0.3 is 0 Å². The average molecular weight is 409 g/mol. The fourth-order valence-electron chi connectivity index (χ4n) is 3.05. The summed E-state index contributed by atoms with van der Waals surface area (Å²) in [4.78, 5) is 23.4. The molecule has 0 amide bonds. The first-order valence-electron chi connectivity index (χ1n) is 8.92. The van der Waals surface area contributed by atoms with Crippen molar-refractivity contribution in [2.75, 3.05) is 0 Å². The number of nitro groups is 1. The molecule has 7 heteroatoms. The smallest absolute Gasteiger partial charge is 0.270 e. The first-order chi connectivity index (χ1) is 13.8. The Morgan fingerprint density at radius 3 is 2.24 bits per heavy atom. The second-order valence-electron chi connectivity index (χ2n) is 6.69. The van der Waals surface area contributed by atoms with Crippen LogP contribution in [0.1, 0.15) is 33.2 Å². The molecule has 0 spiro atoms. The number of aryl methyl sites for hydroxylation is 1. The monoisotopic (exact) mass is 409 g/mol. The Morgan fingerprint density at radius 1 is 0.966 bits per heavy atom. The molecule has 0 N–H and O–H groups in total. The van der Waals surface area contributed by atoms with E-state index in [4.69, 9.17) is 0 Å². The van der Waals surface area contributed by atoms with Gasteiger partial charge in [0.25, 0.3) is 5.69 Å². The number of carbonyl (C=O) groups is 1. The van der Waals surface area contributed by atoms with Crippen molar-refractivity contribution in [3.05, 3.63) is 106 Å². The lowest BCUT2D eigenvalue weighted by Crippen LogP contribution is -2.18. The second-order valence-corrected chi connectivity index (χ2v) is 8.82. The Balaban J connectivity index is 2.01. The van der Waals surface area contributed by atoms with Gasteiger partial charge in [-0.05, 0) is 24.6 Å². The zero-order valence-electron chi connectivity index (χ0n) is 15.7. The standard InChI is InChI=1S/C22H19NO5S/c1-16-10-12-20(13-11-16)29(27,28)22(17-6-3-2-4-7-17)15-21(24)18-8-5-9-19(14-18)23(25)26/h2-14,22H,15H2,1H3/t22-/m0/s1. The fraction of sp³-hybridized carbons (Fsp3) is 0.136. The normalized spacial score (nSPS) is 12.3. The van der Waals surface area contributed by atoms with Crippen LogP contribution in [0.15, 0.2) is 83.8 Å². The highest BCUT2D eigenvalue weighted by atomic mass is 32.2. The number of Topliss-reactive ketones (excluding diaryl/α,β-unsaturated/α-hetero) is 1. The van der Waals surface area contributed by atoms with Gasteiger partial charge in [0, 0.05) is 24.1 Å². The van der Waals surface area contributed by atoms with Gasteiger partial charge in [0.05, 0.1) is 15.1 Å². The summed E-state index contributed by atoms with van der Waals surface area (Å²) in [5, 5.41) is 9.89. The highest BCUT2D eigenvalue weighted by Gasteiger charge is 2.31. The van der Waals surface area contributed by atoms with Gasteiger partial charge in [0.2, 0.25) is 0 Å². The van der Waals surface area contributed by atoms with Crippen molar-refractivity contribution in [3.8, 4) is 0 Å². The number of sulfone groups is 1. The van der Waals surface area contributed by atoms with Gasteiger partial charge in [-0.25, -0.2) is 8.42 Å². The maximum atomic E-state index is 13.3. The minimum Gasteiger partial charge on any atom is -0.294 e. The van der Waals surface area contributed by atoms with Crippen LogP contribution in [0.5, 0.6) is 0 Å². The van der Waals surface area contributed by atoms with E-state index in [1.165, 1.54) is 36.4 Å². The zero-order chi connectivity index (χ0) is 21.0. The maximum Gasteiger partial charge on any atom is 0.270 e. The van der Waals surface area contributed by atoms with Crippen LogP contribution < -0.4 is 0 Å². The number of hydrogen-bond acceptors (Lipinski definition) is 5. The molecule has 0 radical (unpaired) electrons. The molecular formula is C22H19NO5S. The summed E-state index contributed by atoms with van der Waals surface area (Å²) in [5.41, 5.74) is 1.31. The Bertz CT molecular complexity index is 1140. The number of benzene rings is 3. The Labute approximate surface area is 168 Å². The highest BCUT2D eigenvalue weighted by Crippen LogP contribution is 2.33. The van der Waals surface area contributed by atoms with Gasteiger partial charge in [0.1, 0.15) is 0 Å². The molecule has 0 heterocycles. The van der Waals surface area contributed by atoms with Crippen molar-refractivity contribution in [1.29, 1.82) is 0 Å². The van der Waals surface area contributed by atoms with Crippen LogP contribution in [-0.2, 0) is 9.84 Å². The van der Waals surface area contributed by atoms with Crippen molar-refractivity contribution < 1.29 is 18.1 Å². The largest absolute Gasteiger partial charge is 0.294 e. The van der Waals surface area contributed by atoms with Crippen LogP contribution in [0.4, 0.5) is 5.69 Å². The molecule has 0 saturated heterocycles. The lowest BCUT2D eigenvalue weighted by Gasteiger charge is -2.18. The van der Waals surface area contributed by atoms with Crippen molar-refractivity contribution in [1.82, 2.24) is 0 Å². The third kappa shape index (κ3) is 4.57. The van der Waals surface area contributed by atoms with Crippen LogP contribution >= 0.6 is 0 Å². The van der Waals surface area contributed by atoms with E-state index in [0.29, 0.717) is 5.56 Å². The van der Waals surface area contributed by atoms with Gasteiger partial charge < -0.3 is 0 Å². The van der Waals surface area contributed by atoms with Crippen LogP contribution in [0, 0.1) is 17.0 Å². The Morgan fingerprint density at radius 2 is 1.62 bits per heavy atom. The first kappa shape index (κ1) is 20.4. The maximum absolute atomic E-state index is 13.3. The summed E-state index contributed by atoms with van der Waals surface area (Å²) in [6, 6.07) is 20.3. The lowest BCUT2D eigenvalue weighted by atomic mass is 10.0. The third-order valence-electron chi connectivity index (χ3n) is 4.65. The molecule has 0 aliphatic heterocycles. The summed E-state index contributed by atoms with van der Waals surface area (Å²) < 4.78 is 26.7. The number of nitro benzene ring substituents is 1. The molecule has 3 rings (SSSR count). The molecule has 29 heavy (non-hydrogen) atoms. The topological polar surface area (TPSA) is 94.3 Å². The fourth-order valence-corrected chi connectivity index (χ4v) is 4.78. The van der Waals surface area contributed by atoms with Gasteiger partial charge in [-0.3, -0.25) is 14.9 Å². The van der Waals surface area contributed by atoms with E-state index >= 15 is 0 Å². The van der Waals surface area contributed by atoms with E-state index in [1.54, 1.807) is 42.5 Å². The molecule has 6 nitrogen and oxygen atoms in total. The number of rotatable bonds is 7. The molecule has 0 fully saturated rings.